The predicted octanol–water partition coefficient (Wildman–Crippen LogP) is 2.88. The van der Waals surface area contributed by atoms with Gasteiger partial charge in [0.1, 0.15) is 0 Å². The molecule has 102 valence electrons. The molecule has 0 radical (unpaired) electrons. The molecule has 0 fully saturated rings. The van der Waals surface area contributed by atoms with Crippen molar-refractivity contribution in [2.45, 2.75) is 13.8 Å². The lowest BCUT2D eigenvalue weighted by molar-refractivity contribution is -0.132. The molecule has 0 saturated heterocycles. The fraction of sp³-hybridized carbons (Fsp3) is 0.125. The molecule has 0 heterocycles. The number of amides is 2. The van der Waals surface area contributed by atoms with E-state index in [4.69, 9.17) is 0 Å². The quantitative estimate of drug-likeness (QED) is 0.823. The van der Waals surface area contributed by atoms with Crippen LogP contribution in [0.2, 0.25) is 0 Å². The van der Waals surface area contributed by atoms with Crippen LogP contribution in [0.25, 0.3) is 0 Å². The number of rotatable bonds is 2. The van der Waals surface area contributed by atoms with Gasteiger partial charge in [-0.15, -0.1) is 0 Å². The molecule has 20 heavy (non-hydrogen) atoms. The van der Waals surface area contributed by atoms with Crippen LogP contribution >= 0.6 is 0 Å². The van der Waals surface area contributed by atoms with Gasteiger partial charge in [0.15, 0.2) is 0 Å². The van der Waals surface area contributed by atoms with E-state index in [1.807, 2.05) is 38.1 Å². The van der Waals surface area contributed by atoms with Gasteiger partial charge in [-0.3, -0.25) is 9.59 Å². The number of nitrogens with one attached hydrogen (secondary N) is 2. The van der Waals surface area contributed by atoms with Crippen LogP contribution in [-0.2, 0) is 9.59 Å². The van der Waals surface area contributed by atoms with Gasteiger partial charge in [-0.1, -0.05) is 29.8 Å². The summed E-state index contributed by atoms with van der Waals surface area (Å²) < 4.78 is 0. The molecule has 2 N–H and O–H groups in total. The number of carbonyl (C=O) groups excluding carboxylic acids is 2. The zero-order chi connectivity index (χ0) is 14.5. The van der Waals surface area contributed by atoms with Crippen LogP contribution in [0.3, 0.4) is 0 Å². The first-order chi connectivity index (χ1) is 9.54. The van der Waals surface area contributed by atoms with Gasteiger partial charge in [-0.05, 0) is 43.7 Å². The van der Waals surface area contributed by atoms with Gasteiger partial charge in [0, 0.05) is 11.4 Å². The van der Waals surface area contributed by atoms with E-state index >= 15 is 0 Å². The molecule has 0 unspecified atom stereocenters. The third-order valence-corrected chi connectivity index (χ3v) is 2.79. The highest BCUT2D eigenvalue weighted by Gasteiger charge is 2.13. The Balaban J connectivity index is 1.98. The Morgan fingerprint density at radius 3 is 1.95 bits per heavy atom. The van der Waals surface area contributed by atoms with Crippen LogP contribution in [0.1, 0.15) is 11.1 Å². The van der Waals surface area contributed by atoms with Gasteiger partial charge in [0.2, 0.25) is 0 Å². The van der Waals surface area contributed by atoms with Crippen LogP contribution in [-0.4, -0.2) is 11.8 Å². The standard InChI is InChI=1S/C16H16N2O2/c1-11-6-8-13(9-7-11)17-15(19)16(20)18-14-5-3-4-12(2)10-14/h3-10H,1-2H3,(H,17,19)(H,18,20). The topological polar surface area (TPSA) is 58.2 Å². The van der Waals surface area contributed by atoms with Crippen molar-refractivity contribution in [3.63, 3.8) is 0 Å². The minimum Gasteiger partial charge on any atom is -0.318 e. The molecular weight excluding hydrogens is 252 g/mol. The monoisotopic (exact) mass is 268 g/mol. The Morgan fingerprint density at radius 1 is 0.750 bits per heavy atom. The Kier molecular flexibility index (Phi) is 4.15. The van der Waals surface area contributed by atoms with Crippen LogP contribution in [0.15, 0.2) is 48.5 Å². The molecule has 2 aromatic carbocycles. The van der Waals surface area contributed by atoms with E-state index in [2.05, 4.69) is 10.6 Å². The van der Waals surface area contributed by atoms with E-state index < -0.39 is 11.8 Å². The number of anilines is 2. The highest BCUT2D eigenvalue weighted by molar-refractivity contribution is 6.43. The second-order valence-electron chi connectivity index (χ2n) is 4.64. The molecule has 2 aromatic rings. The Hall–Kier alpha value is -2.62. The lowest BCUT2D eigenvalue weighted by atomic mass is 10.2. The molecule has 4 nitrogen and oxygen atoms in total. The molecule has 0 bridgehead atoms. The molecule has 0 aliphatic carbocycles. The lowest BCUT2D eigenvalue weighted by Crippen LogP contribution is -2.29. The molecule has 0 aromatic heterocycles. The summed E-state index contributed by atoms with van der Waals surface area (Å²) in [7, 11) is 0. The van der Waals surface area contributed by atoms with Crippen molar-refractivity contribution in [2.75, 3.05) is 10.6 Å². The van der Waals surface area contributed by atoms with E-state index in [-0.39, 0.29) is 0 Å². The van der Waals surface area contributed by atoms with E-state index in [9.17, 15) is 9.59 Å². The largest absolute Gasteiger partial charge is 0.318 e. The summed E-state index contributed by atoms with van der Waals surface area (Å²) in [6, 6.07) is 14.5. The highest BCUT2D eigenvalue weighted by Crippen LogP contribution is 2.11. The first-order valence-corrected chi connectivity index (χ1v) is 6.30. The number of hydrogen-bond acceptors (Lipinski definition) is 2. The molecule has 0 aliphatic heterocycles. The van der Waals surface area contributed by atoms with Crippen LogP contribution in [0.5, 0.6) is 0 Å². The predicted molar refractivity (Wildman–Crippen MR) is 79.6 cm³/mol. The molecule has 0 saturated carbocycles. The van der Waals surface area contributed by atoms with Crippen LogP contribution in [0.4, 0.5) is 11.4 Å². The van der Waals surface area contributed by atoms with Gasteiger partial charge in [-0.25, -0.2) is 0 Å². The SMILES string of the molecule is Cc1ccc(NC(=O)C(=O)Nc2cccc(C)c2)cc1. The smallest absolute Gasteiger partial charge is 0.314 e. The molecule has 2 rings (SSSR count). The molecule has 2 amide bonds. The first kappa shape index (κ1) is 13.8. The molecule has 0 spiro atoms. The summed E-state index contributed by atoms with van der Waals surface area (Å²) in [4.78, 5) is 23.5. The normalized spacial score (nSPS) is 9.90. The van der Waals surface area contributed by atoms with Gasteiger partial charge in [-0.2, -0.15) is 0 Å². The number of aryl methyl sites for hydroxylation is 2. The molecule has 4 heteroatoms. The molecular formula is C16H16N2O2. The van der Waals surface area contributed by atoms with Gasteiger partial charge >= 0.3 is 11.8 Å². The van der Waals surface area contributed by atoms with E-state index in [1.54, 1.807) is 24.3 Å². The van der Waals surface area contributed by atoms with E-state index in [1.165, 1.54) is 0 Å². The number of benzene rings is 2. The summed E-state index contributed by atoms with van der Waals surface area (Å²) in [6.07, 6.45) is 0. The zero-order valence-electron chi connectivity index (χ0n) is 11.4. The number of carbonyl (C=O) groups is 2. The van der Waals surface area contributed by atoms with Crippen molar-refractivity contribution in [1.29, 1.82) is 0 Å². The van der Waals surface area contributed by atoms with E-state index in [0.717, 1.165) is 11.1 Å². The summed E-state index contributed by atoms with van der Waals surface area (Å²) in [6.45, 7) is 3.87. The van der Waals surface area contributed by atoms with E-state index in [0.29, 0.717) is 11.4 Å². The Morgan fingerprint density at radius 2 is 1.35 bits per heavy atom. The fourth-order valence-corrected chi connectivity index (χ4v) is 1.74. The van der Waals surface area contributed by atoms with Crippen molar-refractivity contribution < 1.29 is 9.59 Å². The maximum Gasteiger partial charge on any atom is 0.314 e. The fourth-order valence-electron chi connectivity index (χ4n) is 1.74. The molecule has 0 atom stereocenters. The van der Waals surface area contributed by atoms with Crippen molar-refractivity contribution in [3.05, 3.63) is 59.7 Å². The summed E-state index contributed by atoms with van der Waals surface area (Å²) in [5.41, 5.74) is 3.31. The van der Waals surface area contributed by atoms with Crippen molar-refractivity contribution in [1.82, 2.24) is 0 Å². The minimum atomic E-state index is -0.685. The van der Waals surface area contributed by atoms with Crippen LogP contribution in [0, 0.1) is 13.8 Å². The van der Waals surface area contributed by atoms with Crippen LogP contribution < -0.4 is 10.6 Å². The average Bonchev–Trinajstić information content (AvgIpc) is 2.41. The van der Waals surface area contributed by atoms with Crippen molar-refractivity contribution >= 4 is 23.2 Å². The third-order valence-electron chi connectivity index (χ3n) is 2.79. The third kappa shape index (κ3) is 3.68. The summed E-state index contributed by atoms with van der Waals surface area (Å²) in [5, 5.41) is 5.12. The van der Waals surface area contributed by atoms with Gasteiger partial charge < -0.3 is 10.6 Å². The maximum absolute atomic E-state index is 11.8. The van der Waals surface area contributed by atoms with Crippen molar-refractivity contribution in [3.8, 4) is 0 Å². The number of hydrogen-bond donors (Lipinski definition) is 2. The summed E-state index contributed by atoms with van der Waals surface area (Å²) in [5.74, 6) is -1.37. The maximum atomic E-state index is 11.8. The second-order valence-corrected chi connectivity index (χ2v) is 4.64. The zero-order valence-corrected chi connectivity index (χ0v) is 11.4. The first-order valence-electron chi connectivity index (χ1n) is 6.30. The van der Waals surface area contributed by atoms with Crippen molar-refractivity contribution in [2.24, 2.45) is 0 Å². The average molecular weight is 268 g/mol. The summed E-state index contributed by atoms with van der Waals surface area (Å²) >= 11 is 0. The Bertz CT molecular complexity index is 633. The Labute approximate surface area is 117 Å². The van der Waals surface area contributed by atoms with Gasteiger partial charge in [0.05, 0.1) is 0 Å². The highest BCUT2D eigenvalue weighted by atomic mass is 16.2. The minimum absolute atomic E-state index is 0.597. The molecule has 0 aliphatic rings. The second kappa shape index (κ2) is 6.02. The lowest BCUT2D eigenvalue weighted by Gasteiger charge is -2.07. The van der Waals surface area contributed by atoms with Gasteiger partial charge in [0.25, 0.3) is 0 Å².